The van der Waals surface area contributed by atoms with Gasteiger partial charge in [0.1, 0.15) is 0 Å². The van der Waals surface area contributed by atoms with Crippen molar-refractivity contribution in [2.45, 2.75) is 47.5 Å². The summed E-state index contributed by atoms with van der Waals surface area (Å²) in [6.07, 6.45) is 2.49. The Kier molecular flexibility index (Phi) is 6.60. The molecule has 0 aromatic rings. The van der Waals surface area contributed by atoms with Crippen LogP contribution in [0.1, 0.15) is 47.5 Å². The predicted molar refractivity (Wildman–Crippen MR) is 61.2 cm³/mol. The first-order valence-electron chi connectivity index (χ1n) is 5.78. The van der Waals surface area contributed by atoms with Gasteiger partial charge in [-0.15, -0.1) is 0 Å². The largest absolute Gasteiger partial charge is 0.343 e. The van der Waals surface area contributed by atoms with Crippen molar-refractivity contribution in [3.8, 4) is 0 Å². The molecule has 0 aliphatic heterocycles. The van der Waals surface area contributed by atoms with Crippen LogP contribution in [-0.2, 0) is 4.79 Å². The van der Waals surface area contributed by atoms with Crippen LogP contribution in [0.15, 0.2) is 0 Å². The Balaban J connectivity index is 4.01. The highest BCUT2D eigenvalue weighted by molar-refractivity contribution is 5.73. The van der Waals surface area contributed by atoms with Gasteiger partial charge in [-0.25, -0.2) is 0 Å². The molecule has 0 bridgehead atoms. The lowest BCUT2D eigenvalue weighted by Gasteiger charge is -2.27. The first kappa shape index (κ1) is 13.5. The highest BCUT2D eigenvalue weighted by Gasteiger charge is 2.16. The Morgan fingerprint density at radius 1 is 1.21 bits per heavy atom. The number of carbonyl (C=O) groups is 1. The maximum atomic E-state index is 11.2. The van der Waals surface area contributed by atoms with Gasteiger partial charge in [-0.05, 0) is 18.8 Å². The van der Waals surface area contributed by atoms with Crippen LogP contribution >= 0.6 is 0 Å². The van der Waals surface area contributed by atoms with Gasteiger partial charge in [0.2, 0.25) is 5.91 Å². The van der Waals surface area contributed by atoms with Crippen LogP contribution in [0.25, 0.3) is 0 Å². The first-order valence-corrected chi connectivity index (χ1v) is 5.78. The Labute approximate surface area is 88.7 Å². The highest BCUT2D eigenvalue weighted by atomic mass is 16.2. The molecule has 0 saturated carbocycles. The van der Waals surface area contributed by atoms with Crippen molar-refractivity contribution in [1.29, 1.82) is 0 Å². The maximum absolute atomic E-state index is 11.2. The lowest BCUT2D eigenvalue weighted by molar-refractivity contribution is -0.129. The van der Waals surface area contributed by atoms with Gasteiger partial charge in [-0.3, -0.25) is 4.79 Å². The van der Waals surface area contributed by atoms with Crippen LogP contribution in [0.2, 0.25) is 0 Å². The van der Waals surface area contributed by atoms with Crippen molar-refractivity contribution in [3.63, 3.8) is 0 Å². The zero-order valence-corrected chi connectivity index (χ0v) is 10.3. The number of nitrogens with zero attached hydrogens (tertiary/aromatic N) is 1. The molecule has 0 aromatic heterocycles. The molecule has 0 fully saturated rings. The molecule has 0 heterocycles. The van der Waals surface area contributed by atoms with Crippen molar-refractivity contribution in [2.24, 2.45) is 11.8 Å². The van der Waals surface area contributed by atoms with Gasteiger partial charge >= 0.3 is 0 Å². The van der Waals surface area contributed by atoms with E-state index in [2.05, 4.69) is 20.8 Å². The molecule has 0 N–H and O–H groups in total. The fourth-order valence-electron chi connectivity index (χ4n) is 1.75. The lowest BCUT2D eigenvalue weighted by atomic mass is 9.91. The van der Waals surface area contributed by atoms with E-state index in [1.54, 1.807) is 6.92 Å². The fourth-order valence-corrected chi connectivity index (χ4v) is 1.75. The maximum Gasteiger partial charge on any atom is 0.219 e. The van der Waals surface area contributed by atoms with Crippen LogP contribution in [0, 0.1) is 11.8 Å². The van der Waals surface area contributed by atoms with Crippen LogP contribution < -0.4 is 0 Å². The molecule has 0 saturated heterocycles. The van der Waals surface area contributed by atoms with Gasteiger partial charge in [0.15, 0.2) is 0 Å². The molecule has 2 nitrogen and oxygen atoms in total. The Hall–Kier alpha value is -0.530. The Morgan fingerprint density at radius 3 is 2.14 bits per heavy atom. The number of rotatable bonds is 6. The molecule has 0 spiro atoms. The fraction of sp³-hybridized carbons (Fsp3) is 0.917. The third kappa shape index (κ3) is 4.64. The summed E-state index contributed by atoms with van der Waals surface area (Å²) in [5, 5.41) is 0. The minimum atomic E-state index is 0.197. The standard InChI is InChI=1S/C12H25NO/c1-6-8-10(3)11(4)9-13(7-2)12(5)14/h10-11H,6-9H2,1-5H3. The molecule has 0 radical (unpaired) electrons. The van der Waals surface area contributed by atoms with Crippen molar-refractivity contribution in [3.05, 3.63) is 0 Å². The van der Waals surface area contributed by atoms with Gasteiger partial charge in [0, 0.05) is 20.0 Å². The minimum absolute atomic E-state index is 0.197. The molecule has 0 rings (SSSR count). The number of carbonyl (C=O) groups excluding carboxylic acids is 1. The quantitative estimate of drug-likeness (QED) is 0.644. The van der Waals surface area contributed by atoms with E-state index in [-0.39, 0.29) is 5.91 Å². The first-order chi connectivity index (χ1) is 6.52. The molecule has 14 heavy (non-hydrogen) atoms. The van der Waals surface area contributed by atoms with Gasteiger partial charge in [-0.2, -0.15) is 0 Å². The molecule has 2 heteroatoms. The number of amides is 1. The summed E-state index contributed by atoms with van der Waals surface area (Å²) >= 11 is 0. The van der Waals surface area contributed by atoms with Gasteiger partial charge in [0.05, 0.1) is 0 Å². The molecule has 0 aliphatic carbocycles. The van der Waals surface area contributed by atoms with E-state index < -0.39 is 0 Å². The van der Waals surface area contributed by atoms with E-state index in [0.29, 0.717) is 11.8 Å². The van der Waals surface area contributed by atoms with E-state index in [4.69, 9.17) is 0 Å². The van der Waals surface area contributed by atoms with Gasteiger partial charge in [0.25, 0.3) is 0 Å². The monoisotopic (exact) mass is 199 g/mol. The van der Waals surface area contributed by atoms with Crippen molar-refractivity contribution >= 4 is 5.91 Å². The van der Waals surface area contributed by atoms with Crippen LogP contribution in [-0.4, -0.2) is 23.9 Å². The van der Waals surface area contributed by atoms with Gasteiger partial charge < -0.3 is 4.90 Å². The molecular formula is C12H25NO. The highest BCUT2D eigenvalue weighted by Crippen LogP contribution is 2.17. The summed E-state index contributed by atoms with van der Waals surface area (Å²) in [6, 6.07) is 0. The molecule has 0 aromatic carbocycles. The molecule has 2 unspecified atom stereocenters. The second-order valence-electron chi connectivity index (χ2n) is 4.30. The average molecular weight is 199 g/mol. The van der Waals surface area contributed by atoms with E-state index in [1.165, 1.54) is 12.8 Å². The topological polar surface area (TPSA) is 20.3 Å². The Morgan fingerprint density at radius 2 is 1.79 bits per heavy atom. The molecular weight excluding hydrogens is 174 g/mol. The SMILES string of the molecule is CCCC(C)C(C)CN(CC)C(C)=O. The lowest BCUT2D eigenvalue weighted by Crippen LogP contribution is -2.34. The summed E-state index contributed by atoms with van der Waals surface area (Å²) in [7, 11) is 0. The van der Waals surface area contributed by atoms with Crippen LogP contribution in [0.4, 0.5) is 0 Å². The van der Waals surface area contributed by atoms with Gasteiger partial charge in [-0.1, -0.05) is 33.6 Å². The molecule has 0 aliphatic rings. The number of hydrogen-bond acceptors (Lipinski definition) is 1. The number of hydrogen-bond donors (Lipinski definition) is 0. The summed E-state index contributed by atoms with van der Waals surface area (Å²) < 4.78 is 0. The summed E-state index contributed by atoms with van der Waals surface area (Å²) in [5.74, 6) is 1.52. The van der Waals surface area contributed by atoms with Crippen LogP contribution in [0.5, 0.6) is 0 Å². The molecule has 1 amide bonds. The van der Waals surface area contributed by atoms with E-state index in [0.717, 1.165) is 13.1 Å². The zero-order valence-electron chi connectivity index (χ0n) is 10.3. The van der Waals surface area contributed by atoms with E-state index >= 15 is 0 Å². The third-order valence-corrected chi connectivity index (χ3v) is 3.05. The van der Waals surface area contributed by atoms with Crippen molar-refractivity contribution < 1.29 is 4.79 Å². The van der Waals surface area contributed by atoms with Crippen molar-refractivity contribution in [1.82, 2.24) is 4.90 Å². The minimum Gasteiger partial charge on any atom is -0.343 e. The Bertz CT molecular complexity index is 168. The smallest absolute Gasteiger partial charge is 0.219 e. The average Bonchev–Trinajstić information content (AvgIpc) is 2.13. The zero-order chi connectivity index (χ0) is 11.1. The van der Waals surface area contributed by atoms with E-state index in [9.17, 15) is 4.79 Å². The second-order valence-corrected chi connectivity index (χ2v) is 4.30. The van der Waals surface area contributed by atoms with Crippen LogP contribution in [0.3, 0.4) is 0 Å². The third-order valence-electron chi connectivity index (χ3n) is 3.05. The molecule has 2 atom stereocenters. The molecule has 84 valence electrons. The summed E-state index contributed by atoms with van der Waals surface area (Å²) in [5.41, 5.74) is 0. The van der Waals surface area contributed by atoms with Crippen molar-refractivity contribution in [2.75, 3.05) is 13.1 Å². The summed E-state index contributed by atoms with van der Waals surface area (Å²) in [4.78, 5) is 13.1. The predicted octanol–water partition coefficient (Wildman–Crippen LogP) is 2.93. The van der Waals surface area contributed by atoms with E-state index in [1.807, 2.05) is 11.8 Å². The summed E-state index contributed by atoms with van der Waals surface area (Å²) in [6.45, 7) is 12.2. The second kappa shape index (κ2) is 6.86. The normalized spacial score (nSPS) is 14.9.